The van der Waals surface area contributed by atoms with Gasteiger partial charge in [0.1, 0.15) is 0 Å². The second-order valence-corrected chi connectivity index (χ2v) is 7.29. The van der Waals surface area contributed by atoms with Gasteiger partial charge in [-0.3, -0.25) is 0 Å². The van der Waals surface area contributed by atoms with E-state index in [1.165, 1.54) is 28.4 Å². The standard InChI is InChI=1S/C16H19ClN2S/c1-10-2-7-14-15(8-10)20-16(19-14)9-13(18)11-3-5-12(17)6-4-11/h3-6,10,13H,2,7-9,18H2,1H3. The minimum atomic E-state index is -0.00251. The van der Waals surface area contributed by atoms with Crippen LogP contribution in [0.5, 0.6) is 0 Å². The number of thiazole rings is 1. The summed E-state index contributed by atoms with van der Waals surface area (Å²) in [5.74, 6) is 0.792. The van der Waals surface area contributed by atoms with E-state index in [9.17, 15) is 0 Å². The number of nitrogens with two attached hydrogens (primary N) is 1. The quantitative estimate of drug-likeness (QED) is 0.924. The Bertz CT molecular complexity index is 591. The van der Waals surface area contributed by atoms with Crippen molar-refractivity contribution in [1.29, 1.82) is 0 Å². The predicted molar refractivity (Wildman–Crippen MR) is 85.4 cm³/mol. The Hall–Kier alpha value is -0.900. The molecular formula is C16H19ClN2S. The van der Waals surface area contributed by atoms with E-state index < -0.39 is 0 Å². The molecule has 0 spiro atoms. The van der Waals surface area contributed by atoms with Crippen molar-refractivity contribution in [3.8, 4) is 0 Å². The first kappa shape index (κ1) is 14.1. The van der Waals surface area contributed by atoms with Crippen molar-refractivity contribution in [2.45, 2.75) is 38.6 Å². The van der Waals surface area contributed by atoms with Crippen LogP contribution in [0.3, 0.4) is 0 Å². The summed E-state index contributed by atoms with van der Waals surface area (Å²) in [5.41, 5.74) is 8.72. The molecule has 1 aliphatic carbocycles. The molecule has 0 fully saturated rings. The van der Waals surface area contributed by atoms with Gasteiger partial charge in [0.2, 0.25) is 0 Å². The number of hydrogen-bond acceptors (Lipinski definition) is 3. The molecule has 1 aromatic heterocycles. The van der Waals surface area contributed by atoms with E-state index in [4.69, 9.17) is 22.3 Å². The molecule has 2 nitrogen and oxygen atoms in total. The van der Waals surface area contributed by atoms with Crippen LogP contribution in [0.1, 0.15) is 40.5 Å². The summed E-state index contributed by atoms with van der Waals surface area (Å²) < 4.78 is 0. The summed E-state index contributed by atoms with van der Waals surface area (Å²) in [6, 6.07) is 7.79. The van der Waals surface area contributed by atoms with Crippen LogP contribution >= 0.6 is 22.9 Å². The van der Waals surface area contributed by atoms with Gasteiger partial charge in [0.05, 0.1) is 10.7 Å². The van der Waals surface area contributed by atoms with E-state index in [1.54, 1.807) is 0 Å². The Labute approximate surface area is 129 Å². The molecule has 1 aliphatic rings. The number of aryl methyl sites for hydroxylation is 1. The minimum Gasteiger partial charge on any atom is -0.324 e. The van der Waals surface area contributed by atoms with Crippen molar-refractivity contribution in [2.24, 2.45) is 11.7 Å². The third-order valence-corrected chi connectivity index (χ3v) is 5.32. The van der Waals surface area contributed by atoms with Crippen molar-refractivity contribution in [3.63, 3.8) is 0 Å². The van der Waals surface area contributed by atoms with Crippen molar-refractivity contribution >= 4 is 22.9 Å². The molecule has 106 valence electrons. The van der Waals surface area contributed by atoms with Crippen molar-refractivity contribution in [2.75, 3.05) is 0 Å². The van der Waals surface area contributed by atoms with Crippen LogP contribution in [0.4, 0.5) is 0 Å². The molecule has 2 N–H and O–H groups in total. The molecule has 0 amide bonds. The van der Waals surface area contributed by atoms with E-state index in [2.05, 4.69) is 6.92 Å². The third kappa shape index (κ3) is 3.05. The third-order valence-electron chi connectivity index (χ3n) is 3.92. The molecule has 0 radical (unpaired) electrons. The van der Waals surface area contributed by atoms with Gasteiger partial charge in [-0.1, -0.05) is 30.7 Å². The number of fused-ring (bicyclic) bond motifs is 1. The molecule has 2 unspecified atom stereocenters. The molecule has 2 atom stereocenters. The lowest BCUT2D eigenvalue weighted by Gasteiger charge is -2.15. The fourth-order valence-corrected chi connectivity index (χ4v) is 4.16. The highest BCUT2D eigenvalue weighted by molar-refractivity contribution is 7.11. The highest BCUT2D eigenvalue weighted by atomic mass is 35.5. The molecule has 1 aromatic carbocycles. The first-order valence-corrected chi connectivity index (χ1v) is 8.30. The van der Waals surface area contributed by atoms with E-state index >= 15 is 0 Å². The SMILES string of the molecule is CC1CCc2nc(CC(N)c3ccc(Cl)cc3)sc2C1. The Morgan fingerprint density at radius 2 is 2.15 bits per heavy atom. The highest BCUT2D eigenvalue weighted by Gasteiger charge is 2.20. The summed E-state index contributed by atoms with van der Waals surface area (Å²) in [7, 11) is 0. The van der Waals surface area contributed by atoms with Crippen molar-refractivity contribution in [3.05, 3.63) is 50.4 Å². The van der Waals surface area contributed by atoms with Gasteiger partial charge in [-0.15, -0.1) is 11.3 Å². The molecule has 0 saturated carbocycles. The lowest BCUT2D eigenvalue weighted by atomic mass is 9.93. The van der Waals surface area contributed by atoms with E-state index in [-0.39, 0.29) is 6.04 Å². The molecule has 20 heavy (non-hydrogen) atoms. The van der Waals surface area contributed by atoms with Gasteiger partial charge in [0.15, 0.2) is 0 Å². The van der Waals surface area contributed by atoms with Crippen LogP contribution in [0, 0.1) is 5.92 Å². The predicted octanol–water partition coefficient (Wildman–Crippen LogP) is 4.16. The average Bonchev–Trinajstić information content (AvgIpc) is 2.80. The fraction of sp³-hybridized carbons (Fsp3) is 0.438. The number of aromatic nitrogens is 1. The van der Waals surface area contributed by atoms with Crippen LogP contribution in [0.15, 0.2) is 24.3 Å². The zero-order valence-electron chi connectivity index (χ0n) is 11.6. The Morgan fingerprint density at radius 3 is 2.90 bits per heavy atom. The van der Waals surface area contributed by atoms with Crippen molar-refractivity contribution < 1.29 is 0 Å². The maximum Gasteiger partial charge on any atom is 0.0950 e. The zero-order chi connectivity index (χ0) is 14.1. The van der Waals surface area contributed by atoms with E-state index in [0.717, 1.165) is 29.3 Å². The van der Waals surface area contributed by atoms with Gasteiger partial charge in [0.25, 0.3) is 0 Å². The number of benzene rings is 1. The van der Waals surface area contributed by atoms with E-state index in [0.29, 0.717) is 0 Å². The largest absolute Gasteiger partial charge is 0.324 e. The normalized spacial score (nSPS) is 19.6. The van der Waals surface area contributed by atoms with Gasteiger partial charge in [-0.05, 0) is 42.9 Å². The Kier molecular flexibility index (Phi) is 4.11. The fourth-order valence-electron chi connectivity index (χ4n) is 2.70. The summed E-state index contributed by atoms with van der Waals surface area (Å²) in [6.07, 6.45) is 4.39. The number of nitrogens with zero attached hydrogens (tertiary/aromatic N) is 1. The average molecular weight is 307 g/mol. The van der Waals surface area contributed by atoms with Gasteiger partial charge in [-0.25, -0.2) is 4.98 Å². The molecule has 2 aromatic rings. The van der Waals surface area contributed by atoms with E-state index in [1.807, 2.05) is 35.6 Å². The van der Waals surface area contributed by atoms with Gasteiger partial charge >= 0.3 is 0 Å². The molecule has 0 aliphatic heterocycles. The van der Waals surface area contributed by atoms with Crippen LogP contribution in [-0.4, -0.2) is 4.98 Å². The Morgan fingerprint density at radius 1 is 1.40 bits per heavy atom. The Balaban J connectivity index is 1.73. The smallest absolute Gasteiger partial charge is 0.0950 e. The molecule has 0 bridgehead atoms. The lowest BCUT2D eigenvalue weighted by Crippen LogP contribution is -2.13. The van der Waals surface area contributed by atoms with Crippen LogP contribution in [-0.2, 0) is 19.3 Å². The summed E-state index contributed by atoms with van der Waals surface area (Å²) in [4.78, 5) is 6.25. The molecule has 1 heterocycles. The summed E-state index contributed by atoms with van der Waals surface area (Å²) >= 11 is 7.76. The summed E-state index contributed by atoms with van der Waals surface area (Å²) in [5, 5.41) is 1.92. The molecule has 3 rings (SSSR count). The number of halogens is 1. The second-order valence-electron chi connectivity index (χ2n) is 5.69. The van der Waals surface area contributed by atoms with Crippen LogP contribution in [0.25, 0.3) is 0 Å². The molecule has 0 saturated heterocycles. The van der Waals surface area contributed by atoms with Crippen LogP contribution in [0.2, 0.25) is 5.02 Å². The van der Waals surface area contributed by atoms with Gasteiger partial charge < -0.3 is 5.73 Å². The first-order chi connectivity index (χ1) is 9.61. The molecule has 4 heteroatoms. The maximum atomic E-state index is 6.29. The van der Waals surface area contributed by atoms with Crippen molar-refractivity contribution in [1.82, 2.24) is 4.98 Å². The number of hydrogen-bond donors (Lipinski definition) is 1. The van der Waals surface area contributed by atoms with Gasteiger partial charge in [-0.2, -0.15) is 0 Å². The second kappa shape index (κ2) is 5.84. The monoisotopic (exact) mass is 306 g/mol. The lowest BCUT2D eigenvalue weighted by molar-refractivity contribution is 0.501. The number of rotatable bonds is 3. The minimum absolute atomic E-state index is 0.00251. The summed E-state index contributed by atoms with van der Waals surface area (Å²) in [6.45, 7) is 2.32. The highest BCUT2D eigenvalue weighted by Crippen LogP contribution is 2.31. The maximum absolute atomic E-state index is 6.29. The van der Waals surface area contributed by atoms with Gasteiger partial charge in [0, 0.05) is 22.4 Å². The first-order valence-electron chi connectivity index (χ1n) is 7.10. The molecular weight excluding hydrogens is 288 g/mol. The van der Waals surface area contributed by atoms with Crippen LogP contribution < -0.4 is 5.73 Å². The zero-order valence-corrected chi connectivity index (χ0v) is 13.2. The topological polar surface area (TPSA) is 38.9 Å².